The van der Waals surface area contributed by atoms with Crippen molar-refractivity contribution in [3.05, 3.63) is 63.3 Å². The topological polar surface area (TPSA) is 45.8 Å². The molecule has 0 spiro atoms. The number of nitrogens with one attached hydrogen (secondary N) is 1. The van der Waals surface area contributed by atoms with Crippen molar-refractivity contribution in [2.45, 2.75) is 6.42 Å². The molecule has 0 bridgehead atoms. The van der Waals surface area contributed by atoms with Gasteiger partial charge in [-0.05, 0) is 17.7 Å². The zero-order valence-electron chi connectivity index (χ0n) is 7.90. The Morgan fingerprint density at radius 3 is 2.67 bits per heavy atom. The first-order valence-corrected chi connectivity index (χ1v) is 4.89. The van der Waals surface area contributed by atoms with E-state index in [-0.39, 0.29) is 5.56 Å². The van der Waals surface area contributed by atoms with Gasteiger partial charge in [0.05, 0.1) is 6.33 Å². The van der Waals surface area contributed by atoms with E-state index in [2.05, 4.69) is 9.97 Å². The molecule has 0 aliphatic heterocycles. The molecule has 2 aromatic rings. The van der Waals surface area contributed by atoms with Gasteiger partial charge in [0.2, 0.25) is 0 Å². The Labute approximate surface area is 91.8 Å². The minimum Gasteiger partial charge on any atom is -0.313 e. The molecule has 0 saturated carbocycles. The molecule has 2 rings (SSSR count). The van der Waals surface area contributed by atoms with Crippen molar-refractivity contribution in [1.29, 1.82) is 0 Å². The van der Waals surface area contributed by atoms with E-state index >= 15 is 0 Å². The highest BCUT2D eigenvalue weighted by Gasteiger charge is 2.00. The minimum atomic E-state index is -0.0973. The van der Waals surface area contributed by atoms with Crippen LogP contribution in [0.1, 0.15) is 11.1 Å². The molecule has 4 heteroatoms. The number of benzene rings is 1. The van der Waals surface area contributed by atoms with Crippen LogP contribution in [0, 0.1) is 0 Å². The van der Waals surface area contributed by atoms with Crippen molar-refractivity contribution in [1.82, 2.24) is 9.97 Å². The number of rotatable bonds is 2. The van der Waals surface area contributed by atoms with Crippen molar-refractivity contribution >= 4 is 11.6 Å². The molecule has 1 N–H and O–H groups in total. The van der Waals surface area contributed by atoms with Gasteiger partial charge in [0.15, 0.2) is 0 Å². The maximum Gasteiger partial charge on any atom is 0.254 e. The molecule has 0 aliphatic carbocycles. The van der Waals surface area contributed by atoms with Crippen molar-refractivity contribution in [3.8, 4) is 0 Å². The lowest BCUT2D eigenvalue weighted by molar-refractivity contribution is 1.03. The molecule has 3 nitrogen and oxygen atoms in total. The highest BCUT2D eigenvalue weighted by molar-refractivity contribution is 6.30. The number of nitrogens with zero attached hydrogens (tertiary/aromatic N) is 1. The van der Waals surface area contributed by atoms with E-state index in [1.54, 1.807) is 18.3 Å². The van der Waals surface area contributed by atoms with Gasteiger partial charge in [0.25, 0.3) is 5.56 Å². The summed E-state index contributed by atoms with van der Waals surface area (Å²) in [5, 5.41) is 0.693. The van der Waals surface area contributed by atoms with Crippen LogP contribution in [0.25, 0.3) is 0 Å². The number of aromatic nitrogens is 2. The molecule has 1 aromatic heterocycles. The van der Waals surface area contributed by atoms with Gasteiger partial charge < -0.3 is 4.98 Å². The minimum absolute atomic E-state index is 0.0973. The first-order valence-electron chi connectivity index (χ1n) is 4.52. The molecule has 1 aromatic carbocycles. The van der Waals surface area contributed by atoms with Gasteiger partial charge >= 0.3 is 0 Å². The molecule has 0 unspecified atom stereocenters. The molecular formula is C11H9ClN2O. The Hall–Kier alpha value is -1.61. The van der Waals surface area contributed by atoms with E-state index in [4.69, 9.17) is 11.6 Å². The second-order valence-corrected chi connectivity index (χ2v) is 3.65. The van der Waals surface area contributed by atoms with Gasteiger partial charge in [-0.3, -0.25) is 4.79 Å². The van der Waals surface area contributed by atoms with Crippen LogP contribution < -0.4 is 5.56 Å². The van der Waals surface area contributed by atoms with E-state index in [9.17, 15) is 4.79 Å². The summed E-state index contributed by atoms with van der Waals surface area (Å²) in [5.74, 6) is 0. The Bertz CT molecular complexity index is 504. The average Bonchev–Trinajstić information content (AvgIpc) is 2.25. The van der Waals surface area contributed by atoms with Crippen molar-refractivity contribution in [2.24, 2.45) is 0 Å². The van der Waals surface area contributed by atoms with Crippen LogP contribution in [0.4, 0.5) is 0 Å². The fourth-order valence-corrected chi connectivity index (χ4v) is 1.45. The normalized spacial score (nSPS) is 10.2. The molecule has 0 fully saturated rings. The second-order valence-electron chi connectivity index (χ2n) is 3.21. The van der Waals surface area contributed by atoms with Crippen molar-refractivity contribution < 1.29 is 0 Å². The van der Waals surface area contributed by atoms with E-state index < -0.39 is 0 Å². The van der Waals surface area contributed by atoms with Crippen molar-refractivity contribution in [2.75, 3.05) is 0 Å². The number of aromatic amines is 1. The Morgan fingerprint density at radius 2 is 2.00 bits per heavy atom. The largest absolute Gasteiger partial charge is 0.313 e. The quantitative estimate of drug-likeness (QED) is 0.842. The average molecular weight is 221 g/mol. The van der Waals surface area contributed by atoms with Gasteiger partial charge in [-0.1, -0.05) is 23.7 Å². The molecule has 0 amide bonds. The van der Waals surface area contributed by atoms with Gasteiger partial charge in [0.1, 0.15) is 0 Å². The molecule has 0 saturated heterocycles. The fourth-order valence-electron chi connectivity index (χ4n) is 1.32. The summed E-state index contributed by atoms with van der Waals surface area (Å²) in [6, 6.07) is 7.41. The van der Waals surface area contributed by atoms with E-state index in [1.165, 1.54) is 6.33 Å². The van der Waals surface area contributed by atoms with Crippen LogP contribution in [-0.4, -0.2) is 9.97 Å². The highest BCUT2D eigenvalue weighted by Crippen LogP contribution is 2.11. The van der Waals surface area contributed by atoms with Gasteiger partial charge in [-0.2, -0.15) is 0 Å². The standard InChI is InChI=1S/C11H9ClN2O/c12-10-3-1-8(2-4-10)5-9-6-13-7-14-11(9)15/h1-4,6-7H,5H2,(H,13,14,15). The van der Waals surface area contributed by atoms with Crippen LogP contribution in [-0.2, 0) is 6.42 Å². The maximum absolute atomic E-state index is 11.4. The van der Waals surface area contributed by atoms with Crippen LogP contribution >= 0.6 is 11.6 Å². The summed E-state index contributed by atoms with van der Waals surface area (Å²) in [5.41, 5.74) is 1.60. The first-order chi connectivity index (χ1) is 7.25. The summed E-state index contributed by atoms with van der Waals surface area (Å²) in [6.07, 6.45) is 3.53. The third-order valence-corrected chi connectivity index (χ3v) is 2.35. The lowest BCUT2D eigenvalue weighted by Gasteiger charge is -1.99. The summed E-state index contributed by atoms with van der Waals surface area (Å²) >= 11 is 5.77. The predicted octanol–water partition coefficient (Wildman–Crippen LogP) is 2.01. The van der Waals surface area contributed by atoms with E-state index in [0.29, 0.717) is 17.0 Å². The number of halogens is 1. The molecular weight excluding hydrogens is 212 g/mol. The third kappa shape index (κ3) is 2.44. The van der Waals surface area contributed by atoms with E-state index in [0.717, 1.165) is 5.56 Å². The number of H-pyrrole nitrogens is 1. The molecule has 0 radical (unpaired) electrons. The second kappa shape index (κ2) is 4.28. The number of hydrogen-bond acceptors (Lipinski definition) is 2. The molecule has 15 heavy (non-hydrogen) atoms. The summed E-state index contributed by atoms with van der Waals surface area (Å²) in [6.45, 7) is 0. The first kappa shape index (κ1) is 9.93. The summed E-state index contributed by atoms with van der Waals surface area (Å²) in [7, 11) is 0. The Balaban J connectivity index is 2.26. The summed E-state index contributed by atoms with van der Waals surface area (Å²) < 4.78 is 0. The van der Waals surface area contributed by atoms with E-state index in [1.807, 2.05) is 12.1 Å². The molecule has 0 atom stereocenters. The fraction of sp³-hybridized carbons (Fsp3) is 0.0909. The molecule has 0 aliphatic rings. The van der Waals surface area contributed by atoms with Gasteiger partial charge in [-0.15, -0.1) is 0 Å². The molecule has 76 valence electrons. The maximum atomic E-state index is 11.4. The smallest absolute Gasteiger partial charge is 0.254 e. The van der Waals surface area contributed by atoms with Crippen LogP contribution in [0.15, 0.2) is 41.6 Å². The summed E-state index contributed by atoms with van der Waals surface area (Å²) in [4.78, 5) is 17.8. The predicted molar refractivity (Wildman–Crippen MR) is 59.1 cm³/mol. The van der Waals surface area contributed by atoms with Crippen LogP contribution in [0.3, 0.4) is 0 Å². The zero-order valence-corrected chi connectivity index (χ0v) is 8.66. The lowest BCUT2D eigenvalue weighted by atomic mass is 10.1. The third-order valence-electron chi connectivity index (χ3n) is 2.10. The van der Waals surface area contributed by atoms with Gasteiger partial charge in [0, 0.05) is 23.2 Å². The van der Waals surface area contributed by atoms with Crippen LogP contribution in [0.5, 0.6) is 0 Å². The number of hydrogen-bond donors (Lipinski definition) is 1. The Morgan fingerprint density at radius 1 is 1.27 bits per heavy atom. The Kier molecular flexibility index (Phi) is 2.83. The van der Waals surface area contributed by atoms with Gasteiger partial charge in [-0.25, -0.2) is 4.98 Å². The van der Waals surface area contributed by atoms with Crippen LogP contribution in [0.2, 0.25) is 5.02 Å². The zero-order chi connectivity index (χ0) is 10.7. The lowest BCUT2D eigenvalue weighted by Crippen LogP contribution is -2.12. The van der Waals surface area contributed by atoms with Crippen molar-refractivity contribution in [3.63, 3.8) is 0 Å². The SMILES string of the molecule is O=c1[nH]cncc1Cc1ccc(Cl)cc1. The monoisotopic (exact) mass is 220 g/mol. The highest BCUT2D eigenvalue weighted by atomic mass is 35.5. The molecule has 1 heterocycles.